The summed E-state index contributed by atoms with van der Waals surface area (Å²) in [7, 11) is 0. The zero-order valence-corrected chi connectivity index (χ0v) is 12.4. The average molecular weight is 285 g/mol. The van der Waals surface area contributed by atoms with Gasteiger partial charge in [-0.05, 0) is 44.4 Å². The van der Waals surface area contributed by atoms with Gasteiger partial charge >= 0.3 is 0 Å². The number of hydrogen-bond donors (Lipinski definition) is 2. The van der Waals surface area contributed by atoms with Crippen molar-refractivity contribution in [2.45, 2.75) is 38.8 Å². The summed E-state index contributed by atoms with van der Waals surface area (Å²) in [5.41, 5.74) is 1.33. The van der Waals surface area contributed by atoms with Crippen LogP contribution < -0.4 is 10.2 Å². The summed E-state index contributed by atoms with van der Waals surface area (Å²) in [5.74, 6) is -0.339. The average Bonchev–Trinajstić information content (AvgIpc) is 2.92. The van der Waals surface area contributed by atoms with Gasteiger partial charge in [0.1, 0.15) is 0 Å². The molecule has 2 heterocycles. The second-order valence-corrected chi connectivity index (χ2v) is 6.47. The zero-order chi connectivity index (χ0) is 15.2. The standard InChI is InChI=1S/C16H19N3O2/c1-16(2,3)18-13-9-14(20)19(15(13)21)11-5-4-10-6-7-17-12(10)8-11/h4-8,13,17-18H,9H2,1-3H3. The van der Waals surface area contributed by atoms with Crippen molar-refractivity contribution in [3.63, 3.8) is 0 Å². The minimum absolute atomic E-state index is 0.160. The molecule has 0 aliphatic carbocycles. The largest absolute Gasteiger partial charge is 0.361 e. The van der Waals surface area contributed by atoms with Crippen molar-refractivity contribution >= 4 is 28.4 Å². The molecule has 1 unspecified atom stereocenters. The predicted molar refractivity (Wildman–Crippen MR) is 82.1 cm³/mol. The van der Waals surface area contributed by atoms with Gasteiger partial charge in [-0.2, -0.15) is 0 Å². The maximum atomic E-state index is 12.5. The van der Waals surface area contributed by atoms with Gasteiger partial charge < -0.3 is 10.3 Å². The van der Waals surface area contributed by atoms with E-state index in [9.17, 15) is 9.59 Å². The smallest absolute Gasteiger partial charge is 0.251 e. The fourth-order valence-electron chi connectivity index (χ4n) is 2.71. The molecule has 2 N–H and O–H groups in total. The fraction of sp³-hybridized carbons (Fsp3) is 0.375. The monoisotopic (exact) mass is 285 g/mol. The number of nitrogens with zero attached hydrogens (tertiary/aromatic N) is 1. The fourth-order valence-corrected chi connectivity index (χ4v) is 2.71. The lowest BCUT2D eigenvalue weighted by atomic mass is 10.1. The Morgan fingerprint density at radius 1 is 1.24 bits per heavy atom. The number of amides is 2. The number of H-pyrrole nitrogens is 1. The molecule has 21 heavy (non-hydrogen) atoms. The van der Waals surface area contributed by atoms with E-state index in [1.165, 1.54) is 4.90 Å². The minimum Gasteiger partial charge on any atom is -0.361 e. The molecule has 0 spiro atoms. The van der Waals surface area contributed by atoms with Gasteiger partial charge in [0.05, 0.1) is 18.2 Å². The normalized spacial score (nSPS) is 19.8. The summed E-state index contributed by atoms with van der Waals surface area (Å²) in [5, 5.41) is 4.27. The topological polar surface area (TPSA) is 65.2 Å². The Hall–Kier alpha value is -2.14. The lowest BCUT2D eigenvalue weighted by Crippen LogP contribution is -2.47. The number of imide groups is 1. The molecular weight excluding hydrogens is 266 g/mol. The highest BCUT2D eigenvalue weighted by molar-refractivity contribution is 6.22. The van der Waals surface area contributed by atoms with Crippen LogP contribution in [0.15, 0.2) is 30.5 Å². The molecule has 1 saturated heterocycles. The summed E-state index contributed by atoms with van der Waals surface area (Å²) in [4.78, 5) is 29.1. The number of anilines is 1. The molecule has 1 aromatic heterocycles. The lowest BCUT2D eigenvalue weighted by molar-refractivity contribution is -0.121. The number of fused-ring (bicyclic) bond motifs is 1. The number of carbonyl (C=O) groups excluding carboxylic acids is 2. The maximum absolute atomic E-state index is 12.5. The van der Waals surface area contributed by atoms with Crippen LogP contribution in [-0.4, -0.2) is 28.4 Å². The second kappa shape index (κ2) is 4.70. The van der Waals surface area contributed by atoms with Gasteiger partial charge in [-0.15, -0.1) is 0 Å². The Kier molecular flexibility index (Phi) is 3.10. The Morgan fingerprint density at radius 2 is 2.00 bits per heavy atom. The molecule has 0 radical (unpaired) electrons. The van der Waals surface area contributed by atoms with Crippen molar-refractivity contribution in [2.24, 2.45) is 0 Å². The first-order valence-corrected chi connectivity index (χ1v) is 7.07. The van der Waals surface area contributed by atoms with Gasteiger partial charge in [-0.1, -0.05) is 6.07 Å². The van der Waals surface area contributed by atoms with Gasteiger partial charge in [0, 0.05) is 17.3 Å². The third-order valence-corrected chi connectivity index (χ3v) is 3.55. The van der Waals surface area contributed by atoms with Crippen LogP contribution in [-0.2, 0) is 9.59 Å². The third kappa shape index (κ3) is 2.56. The van der Waals surface area contributed by atoms with E-state index in [2.05, 4.69) is 10.3 Å². The van der Waals surface area contributed by atoms with Crippen LogP contribution in [0.4, 0.5) is 5.69 Å². The van der Waals surface area contributed by atoms with Gasteiger partial charge in [0.15, 0.2) is 0 Å². The van der Waals surface area contributed by atoms with Crippen LogP contribution in [0.25, 0.3) is 10.9 Å². The summed E-state index contributed by atoms with van der Waals surface area (Å²) in [6.45, 7) is 5.95. The van der Waals surface area contributed by atoms with Gasteiger partial charge in [-0.25, -0.2) is 4.90 Å². The van der Waals surface area contributed by atoms with Crippen LogP contribution in [0.2, 0.25) is 0 Å². The summed E-state index contributed by atoms with van der Waals surface area (Å²) >= 11 is 0. The predicted octanol–water partition coefficient (Wildman–Crippen LogP) is 2.19. The zero-order valence-electron chi connectivity index (χ0n) is 12.4. The first-order valence-electron chi connectivity index (χ1n) is 7.07. The number of hydrogen-bond acceptors (Lipinski definition) is 3. The minimum atomic E-state index is -0.447. The number of nitrogens with one attached hydrogen (secondary N) is 2. The van der Waals surface area contributed by atoms with E-state index in [1.54, 1.807) is 0 Å². The quantitative estimate of drug-likeness (QED) is 0.831. The molecule has 0 saturated carbocycles. The van der Waals surface area contributed by atoms with Gasteiger partial charge in [0.2, 0.25) is 5.91 Å². The Bertz CT molecular complexity index is 712. The molecule has 5 nitrogen and oxygen atoms in total. The van der Waals surface area contributed by atoms with Crippen LogP contribution in [0.5, 0.6) is 0 Å². The number of aromatic amines is 1. The van der Waals surface area contributed by atoms with E-state index in [0.717, 1.165) is 10.9 Å². The highest BCUT2D eigenvalue weighted by atomic mass is 16.2. The van der Waals surface area contributed by atoms with E-state index in [1.807, 2.05) is 51.2 Å². The number of rotatable bonds is 2. The first kappa shape index (κ1) is 13.8. The number of benzene rings is 1. The highest BCUT2D eigenvalue weighted by Crippen LogP contribution is 2.26. The van der Waals surface area contributed by atoms with E-state index in [-0.39, 0.29) is 23.8 Å². The van der Waals surface area contributed by atoms with E-state index >= 15 is 0 Å². The molecule has 1 aromatic carbocycles. The summed E-state index contributed by atoms with van der Waals surface area (Å²) < 4.78 is 0. The maximum Gasteiger partial charge on any atom is 0.251 e. The molecule has 110 valence electrons. The molecule has 2 amide bonds. The van der Waals surface area contributed by atoms with E-state index in [0.29, 0.717) is 5.69 Å². The molecular formula is C16H19N3O2. The molecule has 1 fully saturated rings. The SMILES string of the molecule is CC(C)(C)NC1CC(=O)N(c2ccc3cc[nH]c3c2)C1=O. The van der Waals surface area contributed by atoms with E-state index < -0.39 is 6.04 Å². The summed E-state index contributed by atoms with van der Waals surface area (Å²) in [6.07, 6.45) is 2.05. The van der Waals surface area contributed by atoms with Crippen molar-refractivity contribution in [1.29, 1.82) is 0 Å². The van der Waals surface area contributed by atoms with Crippen molar-refractivity contribution in [2.75, 3.05) is 4.90 Å². The first-order chi connectivity index (χ1) is 9.85. The Labute approximate surface area is 123 Å². The van der Waals surface area contributed by atoms with Crippen molar-refractivity contribution in [3.8, 4) is 0 Å². The van der Waals surface area contributed by atoms with Gasteiger partial charge in [-0.3, -0.25) is 9.59 Å². The number of aromatic nitrogens is 1. The second-order valence-electron chi connectivity index (χ2n) is 6.47. The van der Waals surface area contributed by atoms with Crippen LogP contribution in [0, 0.1) is 0 Å². The molecule has 0 bridgehead atoms. The number of carbonyl (C=O) groups is 2. The van der Waals surface area contributed by atoms with Gasteiger partial charge in [0.25, 0.3) is 5.91 Å². The molecule has 1 aliphatic rings. The molecule has 3 rings (SSSR count). The molecule has 1 atom stereocenters. The van der Waals surface area contributed by atoms with Crippen LogP contribution >= 0.6 is 0 Å². The molecule has 2 aromatic rings. The van der Waals surface area contributed by atoms with Crippen LogP contribution in [0.3, 0.4) is 0 Å². The van der Waals surface area contributed by atoms with Crippen LogP contribution in [0.1, 0.15) is 27.2 Å². The van der Waals surface area contributed by atoms with Crippen molar-refractivity contribution in [3.05, 3.63) is 30.5 Å². The lowest BCUT2D eigenvalue weighted by Gasteiger charge is -2.24. The summed E-state index contributed by atoms with van der Waals surface area (Å²) in [6, 6.07) is 7.07. The van der Waals surface area contributed by atoms with E-state index in [4.69, 9.17) is 0 Å². The third-order valence-electron chi connectivity index (χ3n) is 3.55. The van der Waals surface area contributed by atoms with Crippen molar-refractivity contribution in [1.82, 2.24) is 10.3 Å². The highest BCUT2D eigenvalue weighted by Gasteiger charge is 2.40. The Balaban J connectivity index is 1.91. The van der Waals surface area contributed by atoms with Crippen molar-refractivity contribution < 1.29 is 9.59 Å². The molecule has 1 aliphatic heterocycles. The molecule has 5 heteroatoms. The Morgan fingerprint density at radius 3 is 2.71 bits per heavy atom.